The summed E-state index contributed by atoms with van der Waals surface area (Å²) in [5, 5.41) is 14.6. The first kappa shape index (κ1) is 12.4. The van der Waals surface area contributed by atoms with Crippen molar-refractivity contribution in [2.45, 2.75) is 29.9 Å². The van der Waals surface area contributed by atoms with Crippen LogP contribution in [0.5, 0.6) is 0 Å². The molecular weight excluding hydrogens is 236 g/mol. The number of benzene rings is 1. The normalized spacial score (nSPS) is 17.0. The number of nitro benzene ring substituents is 1. The van der Waals surface area contributed by atoms with E-state index in [1.165, 1.54) is 17.7 Å². The summed E-state index contributed by atoms with van der Waals surface area (Å²) in [6.45, 7) is 4.09. The summed E-state index contributed by atoms with van der Waals surface area (Å²) in [5.74, 6) is 0. The topological polar surface area (TPSA) is 55.2 Å². The summed E-state index contributed by atoms with van der Waals surface area (Å²) >= 11 is 1.85. The van der Waals surface area contributed by atoms with Gasteiger partial charge in [-0.3, -0.25) is 10.1 Å². The second-order valence-corrected chi connectivity index (χ2v) is 5.62. The molecule has 0 spiro atoms. The van der Waals surface area contributed by atoms with Crippen molar-refractivity contribution in [1.29, 1.82) is 0 Å². The van der Waals surface area contributed by atoms with Crippen molar-refractivity contribution in [2.24, 2.45) is 0 Å². The molecule has 1 aliphatic heterocycles. The number of nitro groups is 1. The molecule has 0 amide bonds. The van der Waals surface area contributed by atoms with Crippen LogP contribution in [0.1, 0.15) is 18.4 Å². The van der Waals surface area contributed by atoms with Gasteiger partial charge in [0.25, 0.3) is 5.69 Å². The maximum atomic E-state index is 10.6. The predicted octanol–water partition coefficient (Wildman–Crippen LogP) is 2.75. The van der Waals surface area contributed by atoms with E-state index in [0.29, 0.717) is 5.25 Å². The molecule has 0 bridgehead atoms. The molecule has 1 fully saturated rings. The Morgan fingerprint density at radius 2 is 2.12 bits per heavy atom. The van der Waals surface area contributed by atoms with Crippen molar-refractivity contribution in [3.63, 3.8) is 0 Å². The number of rotatable bonds is 3. The lowest BCUT2D eigenvalue weighted by Gasteiger charge is -2.22. The average Bonchev–Trinajstić information content (AvgIpc) is 2.33. The summed E-state index contributed by atoms with van der Waals surface area (Å²) in [4.78, 5) is 11.5. The van der Waals surface area contributed by atoms with E-state index in [9.17, 15) is 10.1 Å². The van der Waals surface area contributed by atoms with Crippen LogP contribution < -0.4 is 5.32 Å². The molecule has 5 heteroatoms. The number of thioether (sulfide) groups is 1. The van der Waals surface area contributed by atoms with Crippen LogP contribution in [0.25, 0.3) is 0 Å². The van der Waals surface area contributed by atoms with Gasteiger partial charge in [-0.25, -0.2) is 0 Å². The minimum absolute atomic E-state index is 0.178. The lowest BCUT2D eigenvalue weighted by atomic mass is 10.2. The Balaban J connectivity index is 2.08. The molecule has 0 radical (unpaired) electrons. The molecule has 1 aromatic carbocycles. The van der Waals surface area contributed by atoms with Gasteiger partial charge in [-0.1, -0.05) is 0 Å². The van der Waals surface area contributed by atoms with Crippen molar-refractivity contribution >= 4 is 17.4 Å². The molecule has 0 atom stereocenters. The van der Waals surface area contributed by atoms with E-state index < -0.39 is 0 Å². The zero-order valence-corrected chi connectivity index (χ0v) is 10.6. The van der Waals surface area contributed by atoms with Crippen LogP contribution in [0.3, 0.4) is 0 Å². The van der Waals surface area contributed by atoms with E-state index in [1.54, 1.807) is 12.1 Å². The van der Waals surface area contributed by atoms with E-state index in [4.69, 9.17) is 0 Å². The second-order valence-electron chi connectivity index (χ2n) is 4.27. The Morgan fingerprint density at radius 1 is 1.41 bits per heavy atom. The fourth-order valence-electron chi connectivity index (χ4n) is 1.97. The van der Waals surface area contributed by atoms with Crippen LogP contribution in [0.15, 0.2) is 23.1 Å². The minimum atomic E-state index is -0.341. The summed E-state index contributed by atoms with van der Waals surface area (Å²) < 4.78 is 0. The third-order valence-electron chi connectivity index (χ3n) is 2.95. The molecule has 0 saturated carbocycles. The van der Waals surface area contributed by atoms with E-state index >= 15 is 0 Å². The summed E-state index contributed by atoms with van der Waals surface area (Å²) in [7, 11) is 0. The molecular formula is C12H16N2O2S. The van der Waals surface area contributed by atoms with Gasteiger partial charge in [0.2, 0.25) is 0 Å². The Kier molecular flexibility index (Phi) is 4.02. The molecule has 4 nitrogen and oxygen atoms in total. The van der Waals surface area contributed by atoms with Gasteiger partial charge in [0.15, 0.2) is 0 Å². The van der Waals surface area contributed by atoms with Gasteiger partial charge in [0.05, 0.1) is 4.92 Å². The maximum Gasteiger partial charge on any atom is 0.269 e. The Hall–Kier alpha value is -1.07. The largest absolute Gasteiger partial charge is 0.317 e. The molecule has 1 N–H and O–H groups in total. The molecule has 0 unspecified atom stereocenters. The zero-order valence-electron chi connectivity index (χ0n) is 9.81. The fourth-order valence-corrected chi connectivity index (χ4v) is 3.19. The van der Waals surface area contributed by atoms with Crippen LogP contribution in [-0.4, -0.2) is 23.3 Å². The van der Waals surface area contributed by atoms with E-state index in [2.05, 4.69) is 5.32 Å². The van der Waals surface area contributed by atoms with Crippen LogP contribution in [0, 0.1) is 17.0 Å². The number of hydrogen-bond donors (Lipinski definition) is 1. The number of piperidine rings is 1. The van der Waals surface area contributed by atoms with Crippen LogP contribution in [0.4, 0.5) is 5.69 Å². The molecule has 92 valence electrons. The second kappa shape index (κ2) is 5.51. The Morgan fingerprint density at radius 3 is 2.71 bits per heavy atom. The van der Waals surface area contributed by atoms with E-state index in [1.807, 2.05) is 24.8 Å². The molecule has 1 aliphatic rings. The molecule has 17 heavy (non-hydrogen) atoms. The van der Waals surface area contributed by atoms with Crippen molar-refractivity contribution in [3.8, 4) is 0 Å². The van der Waals surface area contributed by atoms with E-state index in [-0.39, 0.29) is 10.6 Å². The van der Waals surface area contributed by atoms with Gasteiger partial charge in [0.1, 0.15) is 0 Å². The highest BCUT2D eigenvalue weighted by molar-refractivity contribution is 8.00. The molecule has 1 aromatic rings. The highest BCUT2D eigenvalue weighted by atomic mass is 32.2. The average molecular weight is 252 g/mol. The highest BCUT2D eigenvalue weighted by Crippen LogP contribution is 2.32. The van der Waals surface area contributed by atoms with Crippen LogP contribution in [0.2, 0.25) is 0 Å². The highest BCUT2D eigenvalue weighted by Gasteiger charge is 2.16. The number of hydrogen-bond acceptors (Lipinski definition) is 4. The predicted molar refractivity (Wildman–Crippen MR) is 69.6 cm³/mol. The minimum Gasteiger partial charge on any atom is -0.317 e. The molecule has 1 saturated heterocycles. The Labute approximate surface area is 105 Å². The number of non-ortho nitro benzene ring substituents is 1. The van der Waals surface area contributed by atoms with Gasteiger partial charge in [-0.05, 0) is 44.5 Å². The summed E-state index contributed by atoms with van der Waals surface area (Å²) in [6, 6.07) is 5.12. The number of nitrogens with zero attached hydrogens (tertiary/aromatic N) is 1. The SMILES string of the molecule is Cc1cc([N+](=O)[O-])ccc1SC1CCNCC1. The number of aryl methyl sites for hydroxylation is 1. The van der Waals surface area contributed by atoms with Crippen molar-refractivity contribution in [2.75, 3.05) is 13.1 Å². The fraction of sp³-hybridized carbons (Fsp3) is 0.500. The number of nitrogens with one attached hydrogen (secondary N) is 1. The maximum absolute atomic E-state index is 10.6. The van der Waals surface area contributed by atoms with Gasteiger partial charge < -0.3 is 5.32 Å². The van der Waals surface area contributed by atoms with Gasteiger partial charge >= 0.3 is 0 Å². The first-order valence-corrected chi connectivity index (χ1v) is 6.67. The standard InChI is InChI=1S/C12H16N2O2S/c1-9-8-10(14(15)16)2-3-12(9)17-11-4-6-13-7-5-11/h2-3,8,11,13H,4-7H2,1H3. The lowest BCUT2D eigenvalue weighted by molar-refractivity contribution is -0.385. The zero-order chi connectivity index (χ0) is 12.3. The molecule has 2 rings (SSSR count). The summed E-state index contributed by atoms with van der Waals surface area (Å²) in [6.07, 6.45) is 2.34. The van der Waals surface area contributed by atoms with Gasteiger partial charge in [-0.2, -0.15) is 0 Å². The molecule has 1 heterocycles. The quantitative estimate of drug-likeness (QED) is 0.664. The summed E-state index contributed by atoms with van der Waals surface area (Å²) in [5.41, 5.74) is 1.18. The van der Waals surface area contributed by atoms with Crippen molar-refractivity contribution in [3.05, 3.63) is 33.9 Å². The molecule has 0 aliphatic carbocycles. The first-order valence-electron chi connectivity index (χ1n) is 5.79. The smallest absolute Gasteiger partial charge is 0.269 e. The monoisotopic (exact) mass is 252 g/mol. The van der Waals surface area contributed by atoms with E-state index in [0.717, 1.165) is 18.7 Å². The molecule has 0 aromatic heterocycles. The first-order chi connectivity index (χ1) is 8.16. The Bertz CT molecular complexity index is 417. The third kappa shape index (κ3) is 3.20. The van der Waals surface area contributed by atoms with Gasteiger partial charge in [0, 0.05) is 22.3 Å². The van der Waals surface area contributed by atoms with Crippen LogP contribution >= 0.6 is 11.8 Å². The van der Waals surface area contributed by atoms with Crippen molar-refractivity contribution < 1.29 is 4.92 Å². The third-order valence-corrected chi connectivity index (χ3v) is 4.47. The lowest BCUT2D eigenvalue weighted by Crippen LogP contribution is -2.29. The van der Waals surface area contributed by atoms with Crippen molar-refractivity contribution in [1.82, 2.24) is 5.32 Å². The van der Waals surface area contributed by atoms with Crippen LogP contribution in [-0.2, 0) is 0 Å². The van der Waals surface area contributed by atoms with Gasteiger partial charge in [-0.15, -0.1) is 11.8 Å².